The van der Waals surface area contributed by atoms with Crippen LogP contribution >= 0.6 is 0 Å². The summed E-state index contributed by atoms with van der Waals surface area (Å²) in [6.07, 6.45) is 0. The number of aromatic hydroxyl groups is 2. The molecule has 0 bridgehead atoms. The van der Waals surface area contributed by atoms with Gasteiger partial charge in [-0.25, -0.2) is 0 Å². The van der Waals surface area contributed by atoms with E-state index in [1.54, 1.807) is 0 Å². The van der Waals surface area contributed by atoms with Crippen molar-refractivity contribution in [2.24, 2.45) is 0 Å². The Bertz CT molecular complexity index is 973. The van der Waals surface area contributed by atoms with Crippen LogP contribution < -0.4 is 0 Å². The van der Waals surface area contributed by atoms with Crippen LogP contribution in [0.2, 0.25) is 0 Å². The van der Waals surface area contributed by atoms with Gasteiger partial charge >= 0.3 is 0 Å². The average molecular weight is 374 g/mol. The molecular weight excluding hydrogens is 360 g/mol. The van der Waals surface area contributed by atoms with Crippen LogP contribution in [0.25, 0.3) is 0 Å². The number of Topliss-reactive ketones (excluding diaryl/α,β-unsaturated/α-hetero) is 4. The fourth-order valence-electron chi connectivity index (χ4n) is 2.52. The molecule has 3 aromatic carbocycles. The first-order chi connectivity index (χ1) is 13.4. The van der Waals surface area contributed by atoms with Crippen LogP contribution in [0.3, 0.4) is 0 Å². The van der Waals surface area contributed by atoms with Gasteiger partial charge in [-0.2, -0.15) is 0 Å². The maximum atomic E-state index is 12.3. The van der Waals surface area contributed by atoms with Gasteiger partial charge in [0.2, 0.25) is 23.1 Å². The van der Waals surface area contributed by atoms with E-state index in [1.165, 1.54) is 72.8 Å². The van der Waals surface area contributed by atoms with Gasteiger partial charge in [0, 0.05) is 22.3 Å². The largest absolute Gasteiger partial charge is 0.508 e. The number of rotatable bonds is 6. The highest BCUT2D eigenvalue weighted by Crippen LogP contribution is 2.16. The highest BCUT2D eigenvalue weighted by molar-refractivity contribution is 6.50. The zero-order chi connectivity index (χ0) is 20.3. The summed E-state index contributed by atoms with van der Waals surface area (Å²) < 4.78 is 0. The molecule has 6 heteroatoms. The summed E-state index contributed by atoms with van der Waals surface area (Å²) in [5, 5.41) is 18.5. The van der Waals surface area contributed by atoms with Crippen LogP contribution in [0.5, 0.6) is 11.5 Å². The van der Waals surface area contributed by atoms with Gasteiger partial charge in [0.1, 0.15) is 11.5 Å². The second kappa shape index (κ2) is 7.67. The first-order valence-corrected chi connectivity index (χ1v) is 8.23. The van der Waals surface area contributed by atoms with E-state index >= 15 is 0 Å². The quantitative estimate of drug-likeness (QED) is 0.506. The smallest absolute Gasteiger partial charge is 0.233 e. The number of carbonyl (C=O) groups is 4. The van der Waals surface area contributed by atoms with Crippen molar-refractivity contribution in [1.82, 2.24) is 0 Å². The molecule has 0 saturated heterocycles. The highest BCUT2D eigenvalue weighted by Gasteiger charge is 2.21. The van der Waals surface area contributed by atoms with Crippen molar-refractivity contribution in [3.8, 4) is 11.5 Å². The van der Waals surface area contributed by atoms with Crippen molar-refractivity contribution in [1.29, 1.82) is 0 Å². The second-order valence-corrected chi connectivity index (χ2v) is 5.99. The van der Waals surface area contributed by atoms with Gasteiger partial charge in [0.25, 0.3) is 0 Å². The molecule has 3 aromatic rings. The topological polar surface area (TPSA) is 109 Å². The Morgan fingerprint density at radius 3 is 0.786 bits per heavy atom. The molecule has 2 N–H and O–H groups in total. The lowest BCUT2D eigenvalue weighted by Gasteiger charge is -2.04. The molecule has 0 unspecified atom stereocenters. The lowest BCUT2D eigenvalue weighted by molar-refractivity contribution is 0.0814. The lowest BCUT2D eigenvalue weighted by atomic mass is 9.97. The Kier molecular flexibility index (Phi) is 5.13. The fourth-order valence-corrected chi connectivity index (χ4v) is 2.52. The van der Waals surface area contributed by atoms with E-state index in [9.17, 15) is 29.4 Å². The van der Waals surface area contributed by atoms with Crippen LogP contribution in [0.15, 0.2) is 72.8 Å². The molecule has 0 aliphatic carbocycles. The van der Waals surface area contributed by atoms with E-state index in [0.29, 0.717) is 0 Å². The van der Waals surface area contributed by atoms with Crippen LogP contribution in [0.4, 0.5) is 0 Å². The summed E-state index contributed by atoms with van der Waals surface area (Å²) in [7, 11) is 0. The second-order valence-electron chi connectivity index (χ2n) is 5.99. The van der Waals surface area contributed by atoms with E-state index in [4.69, 9.17) is 0 Å². The van der Waals surface area contributed by atoms with Crippen molar-refractivity contribution < 1.29 is 29.4 Å². The first-order valence-electron chi connectivity index (χ1n) is 8.23. The van der Waals surface area contributed by atoms with Gasteiger partial charge in [0.05, 0.1) is 0 Å². The third-order valence-corrected chi connectivity index (χ3v) is 4.08. The predicted molar refractivity (Wildman–Crippen MR) is 100.0 cm³/mol. The number of hydrogen-bond acceptors (Lipinski definition) is 6. The summed E-state index contributed by atoms with van der Waals surface area (Å²) in [5.74, 6) is -3.09. The zero-order valence-electron chi connectivity index (χ0n) is 14.5. The summed E-state index contributed by atoms with van der Waals surface area (Å²) in [4.78, 5) is 49.1. The van der Waals surface area contributed by atoms with Crippen LogP contribution in [0, 0.1) is 0 Å². The molecule has 0 atom stereocenters. The molecule has 0 radical (unpaired) electrons. The third-order valence-electron chi connectivity index (χ3n) is 4.08. The molecule has 0 aliphatic heterocycles. The summed E-state index contributed by atoms with van der Waals surface area (Å²) >= 11 is 0. The predicted octanol–water partition coefficient (Wildman–Crippen LogP) is 3.23. The van der Waals surface area contributed by atoms with Crippen LogP contribution in [-0.2, 0) is 0 Å². The minimum Gasteiger partial charge on any atom is -0.508 e. The normalized spacial score (nSPS) is 10.3. The SMILES string of the molecule is O=C(C(=O)c1ccc(C(=O)C(=O)c2ccc(O)cc2)cc1)c1ccc(O)cc1. The van der Waals surface area contributed by atoms with E-state index in [0.717, 1.165) is 0 Å². The minimum atomic E-state index is -0.769. The van der Waals surface area contributed by atoms with Gasteiger partial charge < -0.3 is 10.2 Å². The summed E-state index contributed by atoms with van der Waals surface area (Å²) in [6.45, 7) is 0. The fraction of sp³-hybridized carbons (Fsp3) is 0. The van der Waals surface area contributed by atoms with E-state index in [-0.39, 0.29) is 33.8 Å². The first kappa shape index (κ1) is 18.7. The Morgan fingerprint density at radius 2 is 0.571 bits per heavy atom. The van der Waals surface area contributed by atoms with E-state index in [2.05, 4.69) is 0 Å². The molecular formula is C22H14O6. The molecule has 0 fully saturated rings. The molecule has 6 nitrogen and oxygen atoms in total. The summed E-state index contributed by atoms with van der Waals surface area (Å²) in [6, 6.07) is 15.8. The van der Waals surface area contributed by atoms with Gasteiger partial charge in [-0.3, -0.25) is 19.2 Å². The maximum Gasteiger partial charge on any atom is 0.233 e. The van der Waals surface area contributed by atoms with Crippen LogP contribution in [-0.4, -0.2) is 33.3 Å². The van der Waals surface area contributed by atoms with Gasteiger partial charge in [-0.15, -0.1) is 0 Å². The molecule has 0 amide bonds. The van der Waals surface area contributed by atoms with Crippen molar-refractivity contribution in [3.05, 3.63) is 95.1 Å². The Hall–Kier alpha value is -4.06. The Morgan fingerprint density at radius 1 is 0.393 bits per heavy atom. The summed E-state index contributed by atoms with van der Waals surface area (Å²) in [5.41, 5.74) is 0.411. The third kappa shape index (κ3) is 3.86. The number of phenolic OH excluding ortho intramolecular Hbond substituents is 2. The monoisotopic (exact) mass is 374 g/mol. The number of carbonyl (C=O) groups excluding carboxylic acids is 4. The van der Waals surface area contributed by atoms with Crippen molar-refractivity contribution in [2.45, 2.75) is 0 Å². The molecule has 0 aliphatic rings. The average Bonchev–Trinajstić information content (AvgIpc) is 2.73. The zero-order valence-corrected chi connectivity index (χ0v) is 14.5. The lowest BCUT2D eigenvalue weighted by Crippen LogP contribution is -2.16. The molecule has 0 aromatic heterocycles. The number of benzene rings is 3. The number of phenols is 2. The standard InChI is InChI=1S/C22H14O6/c23-17-9-5-15(6-10-17)21(27)19(25)13-1-2-14(4-3-13)20(26)22(28)16-7-11-18(24)12-8-16/h1-12,23-24H. The number of ketones is 4. The van der Waals surface area contributed by atoms with Crippen molar-refractivity contribution in [3.63, 3.8) is 0 Å². The molecule has 3 rings (SSSR count). The van der Waals surface area contributed by atoms with Crippen LogP contribution in [0.1, 0.15) is 41.4 Å². The molecule has 28 heavy (non-hydrogen) atoms. The Balaban J connectivity index is 1.77. The molecule has 0 saturated carbocycles. The maximum absolute atomic E-state index is 12.3. The van der Waals surface area contributed by atoms with Crippen molar-refractivity contribution in [2.75, 3.05) is 0 Å². The highest BCUT2D eigenvalue weighted by atomic mass is 16.3. The van der Waals surface area contributed by atoms with Gasteiger partial charge in [-0.05, 0) is 48.5 Å². The molecule has 0 heterocycles. The Labute approximate surface area is 159 Å². The molecule has 0 spiro atoms. The van der Waals surface area contributed by atoms with E-state index in [1.807, 2.05) is 0 Å². The minimum absolute atomic E-state index is 0.0230. The van der Waals surface area contributed by atoms with Crippen molar-refractivity contribution >= 4 is 23.1 Å². The van der Waals surface area contributed by atoms with Gasteiger partial charge in [0.15, 0.2) is 0 Å². The van der Waals surface area contributed by atoms with Gasteiger partial charge in [-0.1, -0.05) is 24.3 Å². The molecule has 138 valence electrons. The number of hydrogen-bond donors (Lipinski definition) is 2. The van der Waals surface area contributed by atoms with E-state index < -0.39 is 23.1 Å².